The number of nitrogens with zero attached hydrogens (tertiary/aromatic N) is 2. The first-order valence-corrected chi connectivity index (χ1v) is 8.58. The number of sulfonamides is 1. The van der Waals surface area contributed by atoms with Gasteiger partial charge in [-0.1, -0.05) is 0 Å². The highest BCUT2D eigenvalue weighted by atomic mass is 32.2. The van der Waals surface area contributed by atoms with E-state index in [1.807, 2.05) is 0 Å². The van der Waals surface area contributed by atoms with Crippen LogP contribution < -0.4 is 4.72 Å². The van der Waals surface area contributed by atoms with Gasteiger partial charge in [0.1, 0.15) is 9.90 Å². The second-order valence-electron chi connectivity index (χ2n) is 4.82. The zero-order valence-corrected chi connectivity index (χ0v) is 12.8. The highest BCUT2D eigenvalue weighted by Gasteiger charge is 2.29. The Morgan fingerprint density at radius 3 is 2.86 bits per heavy atom. The Morgan fingerprint density at radius 1 is 1.48 bits per heavy atom. The van der Waals surface area contributed by atoms with Gasteiger partial charge < -0.3 is 5.11 Å². The maximum Gasteiger partial charge on any atom is 0.339 e. The van der Waals surface area contributed by atoms with E-state index in [-0.39, 0.29) is 15.5 Å². The molecule has 0 amide bonds. The van der Waals surface area contributed by atoms with Crippen LogP contribution in [0.15, 0.2) is 17.3 Å². The first-order valence-electron chi connectivity index (χ1n) is 6.28. The molecule has 2 aromatic heterocycles. The van der Waals surface area contributed by atoms with Crippen molar-refractivity contribution < 1.29 is 18.3 Å². The van der Waals surface area contributed by atoms with Crippen LogP contribution in [0.2, 0.25) is 0 Å². The number of carbonyl (C=O) groups is 1. The molecular formula is C12H13N3O4S2. The SMILES string of the molecule is Cn1cc(S(=O)(=O)Nc2sc3c(c2C(=O)O)CCC3)cn1. The molecular weight excluding hydrogens is 314 g/mol. The van der Waals surface area contributed by atoms with Crippen LogP contribution in [-0.2, 0) is 29.9 Å². The fourth-order valence-corrected chi connectivity index (χ4v) is 4.99. The molecule has 0 bridgehead atoms. The Bertz CT molecular complexity index is 820. The smallest absolute Gasteiger partial charge is 0.339 e. The largest absolute Gasteiger partial charge is 0.478 e. The zero-order chi connectivity index (χ0) is 15.2. The van der Waals surface area contributed by atoms with Gasteiger partial charge in [-0.25, -0.2) is 13.2 Å². The second-order valence-corrected chi connectivity index (χ2v) is 7.61. The molecule has 1 aliphatic carbocycles. The van der Waals surface area contributed by atoms with Crippen molar-refractivity contribution in [3.05, 3.63) is 28.4 Å². The molecule has 0 radical (unpaired) electrons. The van der Waals surface area contributed by atoms with E-state index in [0.29, 0.717) is 6.42 Å². The summed E-state index contributed by atoms with van der Waals surface area (Å²) in [7, 11) is -2.21. The van der Waals surface area contributed by atoms with E-state index in [0.717, 1.165) is 23.3 Å². The maximum atomic E-state index is 12.3. The van der Waals surface area contributed by atoms with E-state index in [2.05, 4.69) is 9.82 Å². The first kappa shape index (κ1) is 14.1. The molecule has 0 saturated carbocycles. The minimum absolute atomic E-state index is 0.00917. The van der Waals surface area contributed by atoms with Gasteiger partial charge in [0.2, 0.25) is 0 Å². The molecule has 1 aliphatic rings. The summed E-state index contributed by atoms with van der Waals surface area (Å²) in [6.07, 6.45) is 4.99. The Labute approximate surface area is 125 Å². The molecule has 112 valence electrons. The van der Waals surface area contributed by atoms with Gasteiger partial charge in [0.15, 0.2) is 0 Å². The molecule has 0 spiro atoms. The molecule has 0 atom stereocenters. The molecule has 9 heteroatoms. The molecule has 2 N–H and O–H groups in total. The molecule has 21 heavy (non-hydrogen) atoms. The van der Waals surface area contributed by atoms with Crippen molar-refractivity contribution in [1.82, 2.24) is 9.78 Å². The lowest BCUT2D eigenvalue weighted by Crippen LogP contribution is -2.14. The van der Waals surface area contributed by atoms with Crippen molar-refractivity contribution in [3.63, 3.8) is 0 Å². The van der Waals surface area contributed by atoms with Crippen LogP contribution in [0, 0.1) is 0 Å². The zero-order valence-electron chi connectivity index (χ0n) is 11.2. The number of anilines is 1. The van der Waals surface area contributed by atoms with Crippen molar-refractivity contribution in [1.29, 1.82) is 0 Å². The number of hydrogen-bond acceptors (Lipinski definition) is 5. The van der Waals surface area contributed by atoms with Gasteiger partial charge in [-0.3, -0.25) is 9.40 Å². The minimum Gasteiger partial charge on any atom is -0.478 e. The lowest BCUT2D eigenvalue weighted by atomic mass is 10.1. The van der Waals surface area contributed by atoms with Gasteiger partial charge in [-0.15, -0.1) is 11.3 Å². The van der Waals surface area contributed by atoms with Gasteiger partial charge >= 0.3 is 5.97 Å². The van der Waals surface area contributed by atoms with Crippen molar-refractivity contribution in [2.75, 3.05) is 4.72 Å². The van der Waals surface area contributed by atoms with E-state index in [1.54, 1.807) is 7.05 Å². The van der Waals surface area contributed by atoms with Crippen molar-refractivity contribution in [3.8, 4) is 0 Å². The predicted octanol–water partition coefficient (Wildman–Crippen LogP) is 1.47. The molecule has 0 fully saturated rings. The normalized spacial score (nSPS) is 14.1. The van der Waals surface area contributed by atoms with Crippen LogP contribution in [0.4, 0.5) is 5.00 Å². The number of aryl methyl sites for hydroxylation is 2. The number of carboxylic acids is 1. The van der Waals surface area contributed by atoms with E-state index < -0.39 is 16.0 Å². The Morgan fingerprint density at radius 2 is 2.24 bits per heavy atom. The van der Waals surface area contributed by atoms with Crippen LogP contribution in [0.25, 0.3) is 0 Å². The van der Waals surface area contributed by atoms with Crippen LogP contribution in [0.3, 0.4) is 0 Å². The van der Waals surface area contributed by atoms with Gasteiger partial charge in [-0.05, 0) is 24.8 Å². The number of thiophene rings is 1. The van der Waals surface area contributed by atoms with Crippen LogP contribution in [-0.4, -0.2) is 29.3 Å². The number of carboxylic acid groups (broad SMARTS) is 1. The standard InChI is InChI=1S/C12H13N3O4S2/c1-15-6-7(5-13-15)21(18,19)14-11-10(12(16)17)8-3-2-4-9(8)20-11/h5-6,14H,2-4H2,1H3,(H,16,17). The highest BCUT2D eigenvalue weighted by Crippen LogP contribution is 2.39. The van der Waals surface area contributed by atoms with Crippen LogP contribution in [0.5, 0.6) is 0 Å². The second kappa shape index (κ2) is 4.85. The summed E-state index contributed by atoms with van der Waals surface area (Å²) < 4.78 is 28.3. The number of fused-ring (bicyclic) bond motifs is 1. The van der Waals surface area contributed by atoms with Gasteiger partial charge in [0, 0.05) is 18.1 Å². The third-order valence-electron chi connectivity index (χ3n) is 3.35. The highest BCUT2D eigenvalue weighted by molar-refractivity contribution is 7.93. The molecule has 0 aromatic carbocycles. The Hall–Kier alpha value is -1.87. The van der Waals surface area contributed by atoms with E-state index in [1.165, 1.54) is 28.4 Å². The van der Waals surface area contributed by atoms with Gasteiger partial charge in [0.25, 0.3) is 10.0 Å². The fourth-order valence-electron chi connectivity index (χ4n) is 2.42. The number of aromatic carboxylic acids is 1. The topological polar surface area (TPSA) is 101 Å². The number of hydrogen-bond donors (Lipinski definition) is 2. The lowest BCUT2D eigenvalue weighted by Gasteiger charge is -2.06. The molecule has 0 saturated heterocycles. The van der Waals surface area contributed by atoms with Crippen molar-refractivity contribution >= 4 is 32.3 Å². The summed E-state index contributed by atoms with van der Waals surface area (Å²) in [5.74, 6) is -1.10. The van der Waals surface area contributed by atoms with Gasteiger partial charge in [-0.2, -0.15) is 5.10 Å². The predicted molar refractivity (Wildman–Crippen MR) is 77.3 cm³/mol. The molecule has 7 nitrogen and oxygen atoms in total. The van der Waals surface area contributed by atoms with Gasteiger partial charge in [0.05, 0.1) is 11.8 Å². The van der Waals surface area contributed by atoms with Crippen LogP contribution >= 0.6 is 11.3 Å². The van der Waals surface area contributed by atoms with Crippen molar-refractivity contribution in [2.24, 2.45) is 7.05 Å². The summed E-state index contributed by atoms with van der Waals surface area (Å²) in [4.78, 5) is 12.4. The monoisotopic (exact) mass is 327 g/mol. The number of nitrogens with one attached hydrogen (secondary N) is 1. The Balaban J connectivity index is 2.01. The molecule has 2 aromatic rings. The Kier molecular flexibility index (Phi) is 3.25. The summed E-state index contributed by atoms with van der Waals surface area (Å²) in [6, 6.07) is 0. The van der Waals surface area contributed by atoms with E-state index in [4.69, 9.17) is 0 Å². The number of rotatable bonds is 4. The minimum atomic E-state index is -3.82. The molecule has 3 rings (SSSR count). The molecule has 2 heterocycles. The third kappa shape index (κ3) is 2.42. The summed E-state index contributed by atoms with van der Waals surface area (Å²) in [5.41, 5.74) is 0.844. The third-order valence-corrected chi connectivity index (χ3v) is 5.99. The summed E-state index contributed by atoms with van der Waals surface area (Å²) in [5, 5.41) is 13.3. The molecule has 0 unspecified atom stereocenters. The van der Waals surface area contributed by atoms with Crippen molar-refractivity contribution in [2.45, 2.75) is 24.2 Å². The quantitative estimate of drug-likeness (QED) is 0.885. The van der Waals surface area contributed by atoms with Crippen LogP contribution in [0.1, 0.15) is 27.2 Å². The molecule has 0 aliphatic heterocycles. The first-order chi connectivity index (χ1) is 9.88. The lowest BCUT2D eigenvalue weighted by molar-refractivity contribution is 0.0697. The fraction of sp³-hybridized carbons (Fsp3) is 0.333. The summed E-state index contributed by atoms with van der Waals surface area (Å²) in [6.45, 7) is 0. The summed E-state index contributed by atoms with van der Waals surface area (Å²) >= 11 is 1.21. The maximum absolute atomic E-state index is 12.3. The average Bonchev–Trinajstić information content (AvgIpc) is 3.03. The van der Waals surface area contributed by atoms with E-state index in [9.17, 15) is 18.3 Å². The number of aromatic nitrogens is 2. The average molecular weight is 327 g/mol. The van der Waals surface area contributed by atoms with E-state index >= 15 is 0 Å².